The molecule has 2 aromatic heterocycles. The zero-order chi connectivity index (χ0) is 13.2. The Hall–Kier alpha value is -2.02. The van der Waals surface area contributed by atoms with Crippen molar-refractivity contribution in [1.29, 1.82) is 0 Å². The number of aromatic nitrogens is 3. The molecule has 0 atom stereocenters. The second kappa shape index (κ2) is 4.69. The summed E-state index contributed by atoms with van der Waals surface area (Å²) < 4.78 is 28.0. The first-order valence-corrected chi connectivity index (χ1v) is 6.93. The van der Waals surface area contributed by atoms with E-state index < -0.39 is 9.84 Å². The zero-order valence-corrected chi connectivity index (χ0v) is 10.7. The number of pyridine rings is 1. The quantitative estimate of drug-likeness (QED) is 0.768. The predicted molar refractivity (Wildman–Crippen MR) is 64.9 cm³/mol. The maximum absolute atomic E-state index is 11.5. The summed E-state index contributed by atoms with van der Waals surface area (Å²) in [4.78, 5) is 11.7. The Morgan fingerprint density at radius 1 is 1.17 bits per heavy atom. The van der Waals surface area contributed by atoms with Gasteiger partial charge in [0.1, 0.15) is 0 Å². The molecule has 18 heavy (non-hydrogen) atoms. The minimum Gasteiger partial charge on any atom is -0.481 e. The highest BCUT2D eigenvalue weighted by atomic mass is 32.2. The van der Waals surface area contributed by atoms with Crippen LogP contribution in [0.1, 0.15) is 0 Å². The fourth-order valence-electron chi connectivity index (χ4n) is 1.34. The van der Waals surface area contributed by atoms with Crippen LogP contribution in [-0.2, 0) is 9.84 Å². The van der Waals surface area contributed by atoms with Crippen molar-refractivity contribution in [3.05, 3.63) is 30.6 Å². The van der Waals surface area contributed by atoms with Gasteiger partial charge < -0.3 is 4.74 Å². The van der Waals surface area contributed by atoms with Crippen LogP contribution in [-0.4, -0.2) is 36.7 Å². The molecule has 7 heteroatoms. The van der Waals surface area contributed by atoms with Crippen LogP contribution in [0.25, 0.3) is 11.3 Å². The van der Waals surface area contributed by atoms with E-state index in [9.17, 15) is 8.42 Å². The Bertz CT molecular complexity index is 656. The van der Waals surface area contributed by atoms with Gasteiger partial charge in [0, 0.05) is 30.3 Å². The Labute approximate surface area is 105 Å². The van der Waals surface area contributed by atoms with E-state index >= 15 is 0 Å². The lowest BCUT2D eigenvalue weighted by Gasteiger charge is -2.05. The van der Waals surface area contributed by atoms with Crippen LogP contribution in [0.15, 0.2) is 35.7 Å². The van der Waals surface area contributed by atoms with Crippen molar-refractivity contribution in [3.8, 4) is 17.1 Å². The third-order valence-electron chi connectivity index (χ3n) is 2.20. The molecule has 0 saturated heterocycles. The molecule has 0 aliphatic rings. The molecule has 0 amide bonds. The number of rotatable bonds is 3. The van der Waals surface area contributed by atoms with E-state index in [1.807, 2.05) is 0 Å². The van der Waals surface area contributed by atoms with Crippen LogP contribution in [0.5, 0.6) is 5.88 Å². The molecule has 0 radical (unpaired) electrons. The standard InChI is InChI=1S/C11H11N3O3S/c1-17-10-7-9(8-3-5-12-6-4-8)13-11(14-10)18(2,15)16/h3-7H,1-2H3. The van der Waals surface area contributed by atoms with Crippen LogP contribution >= 0.6 is 0 Å². The van der Waals surface area contributed by atoms with Crippen LogP contribution < -0.4 is 4.74 Å². The molecule has 2 aromatic rings. The molecular weight excluding hydrogens is 254 g/mol. The summed E-state index contributed by atoms with van der Waals surface area (Å²) in [5.74, 6) is 0.206. The molecule has 0 bridgehead atoms. The van der Waals surface area contributed by atoms with Crippen molar-refractivity contribution in [2.45, 2.75) is 5.16 Å². The first-order valence-electron chi connectivity index (χ1n) is 5.04. The van der Waals surface area contributed by atoms with Crippen molar-refractivity contribution >= 4 is 9.84 Å². The van der Waals surface area contributed by atoms with E-state index in [2.05, 4.69) is 15.0 Å². The first kappa shape index (κ1) is 12.4. The third-order valence-corrected chi connectivity index (χ3v) is 3.04. The van der Waals surface area contributed by atoms with Crippen molar-refractivity contribution in [2.75, 3.05) is 13.4 Å². The van der Waals surface area contributed by atoms with E-state index in [0.717, 1.165) is 11.8 Å². The summed E-state index contributed by atoms with van der Waals surface area (Å²) in [5.41, 5.74) is 1.22. The SMILES string of the molecule is COc1cc(-c2ccncc2)nc(S(C)(=O)=O)n1. The molecular formula is C11H11N3O3S. The van der Waals surface area contributed by atoms with Gasteiger partial charge >= 0.3 is 0 Å². The molecule has 0 fully saturated rings. The van der Waals surface area contributed by atoms with Gasteiger partial charge in [-0.2, -0.15) is 4.98 Å². The average Bonchev–Trinajstić information content (AvgIpc) is 2.38. The number of sulfone groups is 1. The van der Waals surface area contributed by atoms with Crippen molar-refractivity contribution < 1.29 is 13.2 Å². The molecule has 0 aliphatic heterocycles. The number of ether oxygens (including phenoxy) is 1. The summed E-state index contributed by atoms with van der Waals surface area (Å²) in [6.07, 6.45) is 4.26. The maximum atomic E-state index is 11.5. The summed E-state index contributed by atoms with van der Waals surface area (Å²) in [5, 5.41) is -0.256. The van der Waals surface area contributed by atoms with Crippen molar-refractivity contribution in [2.24, 2.45) is 0 Å². The number of hydrogen-bond acceptors (Lipinski definition) is 6. The Balaban J connectivity index is 2.62. The van der Waals surface area contributed by atoms with Crippen LogP contribution in [0.3, 0.4) is 0 Å². The molecule has 0 unspecified atom stereocenters. The second-order valence-electron chi connectivity index (χ2n) is 3.59. The van der Waals surface area contributed by atoms with Crippen LogP contribution in [0.2, 0.25) is 0 Å². The van der Waals surface area contributed by atoms with Gasteiger partial charge in [-0.1, -0.05) is 0 Å². The summed E-state index contributed by atoms with van der Waals surface area (Å²) >= 11 is 0. The lowest BCUT2D eigenvalue weighted by atomic mass is 10.2. The monoisotopic (exact) mass is 265 g/mol. The Morgan fingerprint density at radius 2 is 1.83 bits per heavy atom. The largest absolute Gasteiger partial charge is 0.481 e. The average molecular weight is 265 g/mol. The number of hydrogen-bond donors (Lipinski definition) is 0. The fourth-order valence-corrected chi connectivity index (χ4v) is 1.86. The summed E-state index contributed by atoms with van der Waals surface area (Å²) in [7, 11) is -2.06. The lowest BCUT2D eigenvalue weighted by Crippen LogP contribution is -2.06. The highest BCUT2D eigenvalue weighted by molar-refractivity contribution is 7.90. The van der Waals surface area contributed by atoms with Gasteiger partial charge in [0.15, 0.2) is 0 Å². The summed E-state index contributed by atoms with van der Waals surface area (Å²) in [6.45, 7) is 0. The number of methoxy groups -OCH3 is 1. The van der Waals surface area contributed by atoms with Crippen LogP contribution in [0, 0.1) is 0 Å². The third kappa shape index (κ3) is 2.62. The van der Waals surface area contributed by atoms with Crippen LogP contribution in [0.4, 0.5) is 0 Å². The van der Waals surface area contributed by atoms with Crippen molar-refractivity contribution in [1.82, 2.24) is 15.0 Å². The van der Waals surface area contributed by atoms with Gasteiger partial charge in [-0.3, -0.25) is 4.98 Å². The molecule has 0 aliphatic carbocycles. The smallest absolute Gasteiger partial charge is 0.250 e. The Morgan fingerprint density at radius 3 is 2.39 bits per heavy atom. The maximum Gasteiger partial charge on any atom is 0.250 e. The van der Waals surface area contributed by atoms with Gasteiger partial charge in [0.05, 0.1) is 12.8 Å². The minimum absolute atomic E-state index is 0.206. The fraction of sp³-hybridized carbons (Fsp3) is 0.182. The van der Waals surface area contributed by atoms with Gasteiger partial charge in [0.2, 0.25) is 15.7 Å². The molecule has 94 valence electrons. The molecule has 0 aromatic carbocycles. The Kier molecular flexibility index (Phi) is 3.24. The topological polar surface area (TPSA) is 82.0 Å². The number of nitrogens with zero attached hydrogens (tertiary/aromatic N) is 3. The second-order valence-corrected chi connectivity index (χ2v) is 5.50. The normalized spacial score (nSPS) is 11.2. The van der Waals surface area contributed by atoms with E-state index in [1.165, 1.54) is 7.11 Å². The summed E-state index contributed by atoms with van der Waals surface area (Å²) in [6, 6.07) is 5.03. The molecule has 0 spiro atoms. The molecule has 2 heterocycles. The van der Waals surface area contributed by atoms with E-state index in [4.69, 9.17) is 4.74 Å². The minimum atomic E-state index is -3.48. The highest BCUT2D eigenvalue weighted by Gasteiger charge is 2.15. The van der Waals surface area contributed by atoms with E-state index in [0.29, 0.717) is 5.69 Å². The molecule has 0 N–H and O–H groups in total. The van der Waals surface area contributed by atoms with Gasteiger partial charge in [-0.25, -0.2) is 13.4 Å². The molecule has 0 saturated carbocycles. The van der Waals surface area contributed by atoms with Gasteiger partial charge in [-0.05, 0) is 12.1 Å². The van der Waals surface area contributed by atoms with E-state index in [-0.39, 0.29) is 11.0 Å². The molecule has 2 rings (SSSR count). The lowest BCUT2D eigenvalue weighted by molar-refractivity contribution is 0.391. The van der Waals surface area contributed by atoms with Crippen molar-refractivity contribution in [3.63, 3.8) is 0 Å². The van der Waals surface area contributed by atoms with Gasteiger partial charge in [0.25, 0.3) is 5.16 Å². The van der Waals surface area contributed by atoms with E-state index in [1.54, 1.807) is 30.6 Å². The molecule has 6 nitrogen and oxygen atoms in total. The predicted octanol–water partition coefficient (Wildman–Crippen LogP) is 0.951. The first-order chi connectivity index (χ1) is 8.50. The van der Waals surface area contributed by atoms with Gasteiger partial charge in [-0.15, -0.1) is 0 Å². The highest BCUT2D eigenvalue weighted by Crippen LogP contribution is 2.21. The zero-order valence-electron chi connectivity index (χ0n) is 9.86.